The van der Waals surface area contributed by atoms with Crippen LogP contribution in [0.2, 0.25) is 0 Å². The summed E-state index contributed by atoms with van der Waals surface area (Å²) in [6.45, 7) is 6.79. The largest absolute Gasteiger partial charge is 0.444 e. The molecule has 2 aromatic carbocycles. The third-order valence-corrected chi connectivity index (χ3v) is 10.4. The summed E-state index contributed by atoms with van der Waals surface area (Å²) in [5.41, 5.74) is 2.31. The molecular formula is C34H49F2N3O7S. The molecule has 0 unspecified atom stereocenters. The Morgan fingerprint density at radius 1 is 1.00 bits per heavy atom. The van der Waals surface area contributed by atoms with Crippen LogP contribution in [0.25, 0.3) is 0 Å². The van der Waals surface area contributed by atoms with Crippen LogP contribution >= 0.6 is 0 Å². The predicted molar refractivity (Wildman–Crippen MR) is 176 cm³/mol. The highest BCUT2D eigenvalue weighted by Crippen LogP contribution is 2.18. The number of aliphatic hydroxyl groups excluding tert-OH is 1. The molecule has 0 saturated carbocycles. The summed E-state index contributed by atoms with van der Waals surface area (Å²) in [7, 11) is -3.87. The Hall–Kier alpha value is -3.13. The zero-order chi connectivity index (χ0) is 34.4. The van der Waals surface area contributed by atoms with Gasteiger partial charge in [-0.3, -0.25) is 4.79 Å². The monoisotopic (exact) mass is 681 g/mol. The average molecular weight is 682 g/mol. The standard InChI is InChI=1S/C34H49F2N3O7S/c1-4-8-29(9-5-2)47(43,44)22-31(39-34(42)46-28-12-13-45-21-28)33(41)38-30(17-25-15-26(35)18-27(36)16-25)32(40)20-37-19-24-11-7-10-23(6-3)14-24/h7,10-11,14-16,18,28-32,37,40H,4-6,8-9,12-13,17,19-22H2,1-3H3,(H,38,41)(H,39,42)/t28-,30-,31-,32+/m0/s1. The van der Waals surface area contributed by atoms with Crippen LogP contribution in [0.5, 0.6) is 0 Å². The Balaban J connectivity index is 1.83. The molecule has 1 saturated heterocycles. The molecular weight excluding hydrogens is 632 g/mol. The molecule has 10 nitrogen and oxygen atoms in total. The first-order chi connectivity index (χ1) is 22.4. The van der Waals surface area contributed by atoms with E-state index in [0.717, 1.165) is 29.7 Å². The summed E-state index contributed by atoms with van der Waals surface area (Å²) in [6.07, 6.45) is 0.410. The molecule has 4 atom stereocenters. The molecule has 0 bridgehead atoms. The fraction of sp³-hybridized carbons (Fsp3) is 0.588. The van der Waals surface area contributed by atoms with Gasteiger partial charge in [-0.1, -0.05) is 57.9 Å². The quantitative estimate of drug-likeness (QED) is 0.175. The molecule has 1 heterocycles. The van der Waals surface area contributed by atoms with E-state index in [-0.39, 0.29) is 25.1 Å². The highest BCUT2D eigenvalue weighted by atomic mass is 32.2. The number of ether oxygens (including phenoxy) is 2. The van der Waals surface area contributed by atoms with E-state index in [1.54, 1.807) is 0 Å². The summed E-state index contributed by atoms with van der Waals surface area (Å²) in [5.74, 6) is -3.22. The van der Waals surface area contributed by atoms with Gasteiger partial charge < -0.3 is 30.5 Å². The van der Waals surface area contributed by atoms with Crippen LogP contribution in [0, 0.1) is 11.6 Å². The molecule has 262 valence electrons. The van der Waals surface area contributed by atoms with E-state index in [1.165, 1.54) is 0 Å². The van der Waals surface area contributed by atoms with E-state index in [1.807, 2.05) is 45.0 Å². The Morgan fingerprint density at radius 3 is 2.30 bits per heavy atom. The summed E-state index contributed by atoms with van der Waals surface area (Å²) in [4.78, 5) is 26.6. The van der Waals surface area contributed by atoms with Crippen LogP contribution in [0.4, 0.5) is 13.6 Å². The number of aliphatic hydroxyl groups is 1. The molecule has 3 rings (SSSR count). The first kappa shape index (κ1) is 38.3. The SMILES string of the molecule is CCCC(CCC)S(=O)(=O)C[C@H](NC(=O)O[C@H]1CCOC1)C(=O)N[C@@H](Cc1cc(F)cc(F)c1)[C@H](O)CNCc1cccc(CC)c1. The average Bonchev–Trinajstić information content (AvgIpc) is 3.52. The number of halogens is 2. The van der Waals surface area contributed by atoms with E-state index < -0.39 is 68.8 Å². The van der Waals surface area contributed by atoms with Crippen molar-refractivity contribution in [2.45, 2.75) is 102 Å². The molecule has 13 heteroatoms. The van der Waals surface area contributed by atoms with E-state index in [0.29, 0.717) is 51.3 Å². The minimum atomic E-state index is -3.87. The van der Waals surface area contributed by atoms with Crippen molar-refractivity contribution in [1.29, 1.82) is 0 Å². The number of rotatable bonds is 19. The molecule has 2 amide bonds. The van der Waals surface area contributed by atoms with Gasteiger partial charge in [0.05, 0.1) is 36.4 Å². The number of aryl methyl sites for hydroxylation is 1. The van der Waals surface area contributed by atoms with E-state index >= 15 is 0 Å². The zero-order valence-electron chi connectivity index (χ0n) is 27.5. The number of alkyl carbamates (subject to hydrolysis) is 1. The maximum atomic E-state index is 14.1. The van der Waals surface area contributed by atoms with Gasteiger partial charge in [0.2, 0.25) is 5.91 Å². The van der Waals surface area contributed by atoms with Gasteiger partial charge in [-0.15, -0.1) is 0 Å². The highest BCUT2D eigenvalue weighted by Gasteiger charge is 2.35. The molecule has 0 aromatic heterocycles. The van der Waals surface area contributed by atoms with Gasteiger partial charge in [-0.2, -0.15) is 0 Å². The van der Waals surface area contributed by atoms with Crippen LogP contribution in [0.1, 0.15) is 69.6 Å². The van der Waals surface area contributed by atoms with Crippen LogP contribution in [0.3, 0.4) is 0 Å². The van der Waals surface area contributed by atoms with Crippen molar-refractivity contribution < 1.29 is 41.4 Å². The number of hydrogen-bond donors (Lipinski definition) is 4. The summed E-state index contributed by atoms with van der Waals surface area (Å²) < 4.78 is 65.8. The molecule has 1 aliphatic rings. The number of carbonyl (C=O) groups is 2. The molecule has 0 spiro atoms. The van der Waals surface area contributed by atoms with Gasteiger partial charge in [-0.25, -0.2) is 22.0 Å². The number of carbonyl (C=O) groups excluding carboxylic acids is 2. The van der Waals surface area contributed by atoms with Gasteiger partial charge >= 0.3 is 6.09 Å². The summed E-state index contributed by atoms with van der Waals surface area (Å²) >= 11 is 0. The van der Waals surface area contributed by atoms with Gasteiger partial charge in [0, 0.05) is 25.6 Å². The zero-order valence-corrected chi connectivity index (χ0v) is 28.3. The van der Waals surface area contributed by atoms with Crippen LogP contribution in [-0.4, -0.2) is 80.6 Å². The van der Waals surface area contributed by atoms with Gasteiger partial charge in [0.25, 0.3) is 0 Å². The Bertz CT molecular complexity index is 1380. The predicted octanol–water partition coefficient (Wildman–Crippen LogP) is 3.97. The van der Waals surface area contributed by atoms with Crippen LogP contribution in [0.15, 0.2) is 42.5 Å². The molecule has 2 aromatic rings. The normalized spacial score (nSPS) is 16.9. The van der Waals surface area contributed by atoms with Crippen molar-refractivity contribution >= 4 is 21.8 Å². The highest BCUT2D eigenvalue weighted by molar-refractivity contribution is 7.92. The van der Waals surface area contributed by atoms with Crippen LogP contribution < -0.4 is 16.0 Å². The minimum Gasteiger partial charge on any atom is -0.444 e. The van der Waals surface area contributed by atoms with Gasteiger partial charge in [0.1, 0.15) is 23.8 Å². The molecule has 1 aliphatic heterocycles. The topological polar surface area (TPSA) is 143 Å². The second-order valence-corrected chi connectivity index (χ2v) is 14.4. The van der Waals surface area contributed by atoms with E-state index in [4.69, 9.17) is 9.47 Å². The molecule has 0 aliphatic carbocycles. The van der Waals surface area contributed by atoms with Gasteiger partial charge in [-0.05, 0) is 54.5 Å². The van der Waals surface area contributed by atoms with E-state index in [9.17, 15) is 31.9 Å². The smallest absolute Gasteiger partial charge is 0.408 e. The third-order valence-electron chi connectivity index (χ3n) is 8.15. The Labute approximate surface area is 276 Å². The van der Waals surface area contributed by atoms with Crippen molar-refractivity contribution in [3.05, 3.63) is 70.8 Å². The summed E-state index contributed by atoms with van der Waals surface area (Å²) in [5, 5.41) is 18.8. The number of sulfone groups is 1. The van der Waals surface area contributed by atoms with Crippen molar-refractivity contribution in [3.63, 3.8) is 0 Å². The Morgan fingerprint density at radius 2 is 1.68 bits per heavy atom. The van der Waals surface area contributed by atoms with E-state index in [2.05, 4.69) is 16.0 Å². The second kappa shape index (κ2) is 19.0. The first-order valence-corrected chi connectivity index (χ1v) is 18.1. The van der Waals surface area contributed by atoms with Crippen molar-refractivity contribution in [2.75, 3.05) is 25.5 Å². The van der Waals surface area contributed by atoms with Crippen LogP contribution in [-0.2, 0) is 43.5 Å². The second-order valence-electron chi connectivity index (χ2n) is 12.1. The number of nitrogens with one attached hydrogen (secondary N) is 3. The van der Waals surface area contributed by atoms with Crippen molar-refractivity contribution in [2.24, 2.45) is 0 Å². The lowest BCUT2D eigenvalue weighted by Crippen LogP contribution is -2.57. The molecule has 0 radical (unpaired) electrons. The fourth-order valence-corrected chi connectivity index (χ4v) is 7.81. The molecule has 1 fully saturated rings. The van der Waals surface area contributed by atoms with Gasteiger partial charge in [0.15, 0.2) is 9.84 Å². The lowest BCUT2D eigenvalue weighted by molar-refractivity contribution is -0.124. The number of hydrogen-bond acceptors (Lipinski definition) is 8. The summed E-state index contributed by atoms with van der Waals surface area (Å²) in [6, 6.07) is 8.16. The van der Waals surface area contributed by atoms with Crippen molar-refractivity contribution in [3.8, 4) is 0 Å². The number of benzene rings is 2. The maximum absolute atomic E-state index is 14.1. The molecule has 47 heavy (non-hydrogen) atoms. The molecule has 4 N–H and O–H groups in total. The maximum Gasteiger partial charge on any atom is 0.408 e. The fourth-order valence-electron chi connectivity index (χ4n) is 5.65. The Kier molecular flexibility index (Phi) is 15.5. The first-order valence-electron chi connectivity index (χ1n) is 16.4. The lowest BCUT2D eigenvalue weighted by Gasteiger charge is -2.28. The van der Waals surface area contributed by atoms with Crippen molar-refractivity contribution in [1.82, 2.24) is 16.0 Å². The third kappa shape index (κ3) is 12.8. The number of amides is 2. The minimum absolute atomic E-state index is 0.00567. The lowest BCUT2D eigenvalue weighted by atomic mass is 10.00.